The van der Waals surface area contributed by atoms with Crippen LogP contribution in [0.2, 0.25) is 5.02 Å². The van der Waals surface area contributed by atoms with Crippen molar-refractivity contribution in [2.45, 2.75) is 12.7 Å². The maximum atomic E-state index is 11.0. The average Bonchev–Trinajstić information content (AvgIpc) is 2.30. The second kappa shape index (κ2) is 6.89. The Balaban J connectivity index is 2.57. The van der Waals surface area contributed by atoms with Crippen molar-refractivity contribution < 1.29 is 4.79 Å². The van der Waals surface area contributed by atoms with Crippen LogP contribution in [0.4, 0.5) is 0 Å². The van der Waals surface area contributed by atoms with Gasteiger partial charge >= 0.3 is 0 Å². The lowest BCUT2D eigenvalue weighted by atomic mass is 10.1. The van der Waals surface area contributed by atoms with Gasteiger partial charge in [0.05, 0.1) is 0 Å². The molecule has 0 heterocycles. The summed E-state index contributed by atoms with van der Waals surface area (Å²) in [6, 6.07) is 5.17. The van der Waals surface area contributed by atoms with Crippen molar-refractivity contribution in [2.75, 3.05) is 12.3 Å². The number of rotatable bonds is 6. The zero-order valence-electron chi connectivity index (χ0n) is 9.78. The molecular formula is C12H17ClN2OS. The van der Waals surface area contributed by atoms with Crippen LogP contribution in [0.1, 0.15) is 22.8 Å². The lowest BCUT2D eigenvalue weighted by Crippen LogP contribution is -2.13. The van der Waals surface area contributed by atoms with Crippen molar-refractivity contribution in [3.63, 3.8) is 0 Å². The van der Waals surface area contributed by atoms with Crippen LogP contribution < -0.4 is 11.5 Å². The molecule has 1 aromatic rings. The van der Waals surface area contributed by atoms with Crippen LogP contribution in [0.25, 0.3) is 0 Å². The Labute approximate surface area is 111 Å². The average molecular weight is 273 g/mol. The van der Waals surface area contributed by atoms with Crippen molar-refractivity contribution in [1.29, 1.82) is 0 Å². The number of amides is 1. The molecule has 1 unspecified atom stereocenters. The van der Waals surface area contributed by atoms with Gasteiger partial charge < -0.3 is 11.5 Å². The molecule has 0 fully saturated rings. The molecule has 0 radical (unpaired) electrons. The van der Waals surface area contributed by atoms with E-state index in [1.54, 1.807) is 23.9 Å². The molecule has 3 nitrogen and oxygen atoms in total. The molecule has 5 heteroatoms. The van der Waals surface area contributed by atoms with Crippen LogP contribution in [-0.4, -0.2) is 18.2 Å². The van der Waals surface area contributed by atoms with E-state index in [4.69, 9.17) is 23.1 Å². The largest absolute Gasteiger partial charge is 0.366 e. The van der Waals surface area contributed by atoms with Gasteiger partial charge in [-0.2, -0.15) is 11.8 Å². The van der Waals surface area contributed by atoms with Gasteiger partial charge in [-0.15, -0.1) is 0 Å². The summed E-state index contributed by atoms with van der Waals surface area (Å²) in [4.78, 5) is 11.0. The van der Waals surface area contributed by atoms with E-state index >= 15 is 0 Å². The third-order valence-corrected chi connectivity index (χ3v) is 4.07. The van der Waals surface area contributed by atoms with Crippen molar-refractivity contribution in [1.82, 2.24) is 0 Å². The van der Waals surface area contributed by atoms with Crippen molar-refractivity contribution in [2.24, 2.45) is 17.4 Å². The lowest BCUT2D eigenvalue weighted by Gasteiger charge is -2.09. The monoisotopic (exact) mass is 272 g/mol. The maximum Gasteiger partial charge on any atom is 0.248 e. The first kappa shape index (κ1) is 14.4. The highest BCUT2D eigenvalue weighted by Gasteiger charge is 2.06. The van der Waals surface area contributed by atoms with Gasteiger partial charge in [0.15, 0.2) is 0 Å². The number of hydrogen-bond acceptors (Lipinski definition) is 3. The van der Waals surface area contributed by atoms with Crippen LogP contribution in [0.5, 0.6) is 0 Å². The summed E-state index contributed by atoms with van der Waals surface area (Å²) >= 11 is 7.86. The smallest absolute Gasteiger partial charge is 0.248 e. The third kappa shape index (κ3) is 4.58. The number of carbonyl (C=O) groups excluding carboxylic acids is 1. The van der Waals surface area contributed by atoms with Gasteiger partial charge in [-0.05, 0) is 35.9 Å². The van der Waals surface area contributed by atoms with E-state index in [1.165, 1.54) is 0 Å². The van der Waals surface area contributed by atoms with Gasteiger partial charge in [0.1, 0.15) is 0 Å². The number of hydrogen-bond donors (Lipinski definition) is 2. The molecule has 1 atom stereocenters. The predicted molar refractivity (Wildman–Crippen MR) is 74.4 cm³/mol. The van der Waals surface area contributed by atoms with Crippen LogP contribution in [0, 0.1) is 5.92 Å². The van der Waals surface area contributed by atoms with E-state index in [0.717, 1.165) is 17.1 Å². The molecular weight excluding hydrogens is 256 g/mol. The molecule has 1 amide bonds. The number of halogens is 1. The SMILES string of the molecule is CC(CN)CSCc1ccc(C(N)=O)cc1Cl. The van der Waals surface area contributed by atoms with Crippen LogP contribution in [-0.2, 0) is 5.75 Å². The van der Waals surface area contributed by atoms with Crippen molar-refractivity contribution in [3.05, 3.63) is 34.3 Å². The first-order valence-corrected chi connectivity index (χ1v) is 6.94. The zero-order chi connectivity index (χ0) is 12.8. The highest BCUT2D eigenvalue weighted by molar-refractivity contribution is 7.98. The highest BCUT2D eigenvalue weighted by atomic mass is 35.5. The maximum absolute atomic E-state index is 11.0. The fourth-order valence-corrected chi connectivity index (χ4v) is 2.71. The standard InChI is InChI=1S/C12H17ClN2OS/c1-8(5-14)6-17-7-10-3-2-9(12(15)16)4-11(10)13/h2-4,8H,5-7,14H2,1H3,(H2,15,16). The van der Waals surface area contributed by atoms with Crippen LogP contribution >= 0.6 is 23.4 Å². The number of carbonyl (C=O) groups is 1. The van der Waals surface area contributed by atoms with E-state index < -0.39 is 5.91 Å². The summed E-state index contributed by atoms with van der Waals surface area (Å²) in [6.45, 7) is 2.81. The molecule has 17 heavy (non-hydrogen) atoms. The number of nitrogens with two attached hydrogens (primary N) is 2. The van der Waals surface area contributed by atoms with Gasteiger partial charge in [0.2, 0.25) is 5.91 Å². The van der Waals surface area contributed by atoms with E-state index in [9.17, 15) is 4.79 Å². The summed E-state index contributed by atoms with van der Waals surface area (Å²) in [6.07, 6.45) is 0. The molecule has 0 saturated heterocycles. The van der Waals surface area contributed by atoms with E-state index in [0.29, 0.717) is 23.0 Å². The second-order valence-corrected chi connectivity index (χ2v) is 5.46. The van der Waals surface area contributed by atoms with Crippen LogP contribution in [0.3, 0.4) is 0 Å². The summed E-state index contributed by atoms with van der Waals surface area (Å²) in [5, 5.41) is 0.592. The van der Waals surface area contributed by atoms with Crippen LogP contribution in [0.15, 0.2) is 18.2 Å². The Morgan fingerprint density at radius 3 is 2.76 bits per heavy atom. The second-order valence-electron chi connectivity index (χ2n) is 4.03. The molecule has 0 aliphatic rings. The molecule has 0 saturated carbocycles. The first-order chi connectivity index (χ1) is 8.04. The molecule has 0 bridgehead atoms. The number of thioether (sulfide) groups is 1. The first-order valence-electron chi connectivity index (χ1n) is 5.40. The molecule has 1 aromatic carbocycles. The third-order valence-electron chi connectivity index (χ3n) is 2.40. The van der Waals surface area contributed by atoms with Gasteiger partial charge in [-0.25, -0.2) is 0 Å². The molecule has 94 valence electrons. The lowest BCUT2D eigenvalue weighted by molar-refractivity contribution is 0.100. The molecule has 1 rings (SSSR count). The van der Waals surface area contributed by atoms with Crippen molar-refractivity contribution in [3.8, 4) is 0 Å². The van der Waals surface area contributed by atoms with Gasteiger partial charge in [-0.3, -0.25) is 4.79 Å². The summed E-state index contributed by atoms with van der Waals surface area (Å²) in [5.74, 6) is 1.87. The minimum absolute atomic E-state index is 0.444. The molecule has 4 N–H and O–H groups in total. The Kier molecular flexibility index (Phi) is 5.82. The number of benzene rings is 1. The predicted octanol–water partition coefficient (Wildman–Crippen LogP) is 2.27. The molecule has 0 aliphatic carbocycles. The molecule has 0 aliphatic heterocycles. The molecule has 0 spiro atoms. The Bertz CT molecular complexity index is 398. The zero-order valence-corrected chi connectivity index (χ0v) is 11.4. The fraction of sp³-hybridized carbons (Fsp3) is 0.417. The van der Waals surface area contributed by atoms with Gasteiger partial charge in [0, 0.05) is 16.3 Å². The fourth-order valence-electron chi connectivity index (χ4n) is 1.26. The van der Waals surface area contributed by atoms with E-state index in [-0.39, 0.29) is 0 Å². The van der Waals surface area contributed by atoms with Gasteiger partial charge in [0.25, 0.3) is 0 Å². The summed E-state index contributed by atoms with van der Waals surface area (Å²) < 4.78 is 0. The molecule has 0 aromatic heterocycles. The minimum Gasteiger partial charge on any atom is -0.366 e. The Hall–Kier alpha value is -0.710. The van der Waals surface area contributed by atoms with Crippen molar-refractivity contribution >= 4 is 29.3 Å². The topological polar surface area (TPSA) is 69.1 Å². The Morgan fingerprint density at radius 1 is 1.53 bits per heavy atom. The van der Waals surface area contributed by atoms with E-state index in [2.05, 4.69) is 6.92 Å². The Morgan fingerprint density at radius 2 is 2.24 bits per heavy atom. The minimum atomic E-state index is -0.456. The highest BCUT2D eigenvalue weighted by Crippen LogP contribution is 2.23. The van der Waals surface area contributed by atoms with E-state index in [1.807, 2.05) is 6.07 Å². The number of primary amides is 1. The van der Waals surface area contributed by atoms with Gasteiger partial charge in [-0.1, -0.05) is 24.6 Å². The summed E-state index contributed by atoms with van der Waals surface area (Å²) in [5.41, 5.74) is 12.2. The normalized spacial score (nSPS) is 12.4. The summed E-state index contributed by atoms with van der Waals surface area (Å²) in [7, 11) is 0. The quantitative estimate of drug-likeness (QED) is 0.835.